The average molecular weight is 245 g/mol. The van der Waals surface area contributed by atoms with E-state index < -0.39 is 6.10 Å². The van der Waals surface area contributed by atoms with Crippen LogP contribution in [0.2, 0.25) is 0 Å². The summed E-state index contributed by atoms with van der Waals surface area (Å²) in [5, 5.41) is 13.2. The van der Waals surface area contributed by atoms with Crippen molar-refractivity contribution in [3.8, 4) is 0 Å². The molecule has 1 aliphatic carbocycles. The zero-order valence-electron chi connectivity index (χ0n) is 11.4. The van der Waals surface area contributed by atoms with Crippen molar-refractivity contribution in [1.29, 1.82) is 0 Å². The molecule has 0 radical (unpaired) electrons. The maximum absolute atomic E-state index is 9.74. The minimum Gasteiger partial charge on any atom is -0.389 e. The third kappa shape index (κ3) is 6.36. The molecule has 1 rings (SSSR count). The minimum atomic E-state index is -0.436. The molecular formula is C13H27NO3. The molecule has 0 aliphatic heterocycles. The molecule has 0 heterocycles. The summed E-state index contributed by atoms with van der Waals surface area (Å²) in [7, 11) is 0. The smallest absolute Gasteiger partial charge is 0.0897 e. The Morgan fingerprint density at radius 2 is 1.94 bits per heavy atom. The van der Waals surface area contributed by atoms with Crippen molar-refractivity contribution < 1.29 is 14.6 Å². The van der Waals surface area contributed by atoms with Crippen molar-refractivity contribution in [3.05, 3.63) is 0 Å². The van der Waals surface area contributed by atoms with Gasteiger partial charge in [0.05, 0.1) is 25.9 Å². The highest BCUT2D eigenvalue weighted by atomic mass is 16.5. The lowest BCUT2D eigenvalue weighted by Gasteiger charge is -2.27. The average Bonchev–Trinajstić information content (AvgIpc) is 3.10. The molecule has 4 heteroatoms. The first-order valence-corrected chi connectivity index (χ1v) is 6.65. The monoisotopic (exact) mass is 245 g/mol. The van der Waals surface area contributed by atoms with Crippen LogP contribution in [0, 0.1) is 5.92 Å². The van der Waals surface area contributed by atoms with Crippen molar-refractivity contribution >= 4 is 0 Å². The van der Waals surface area contributed by atoms with Crippen LogP contribution in [0.4, 0.5) is 0 Å². The predicted molar refractivity (Wildman–Crippen MR) is 68.1 cm³/mol. The topological polar surface area (TPSA) is 50.7 Å². The molecule has 4 nitrogen and oxygen atoms in total. The Morgan fingerprint density at radius 3 is 2.53 bits per heavy atom. The lowest BCUT2D eigenvalue weighted by molar-refractivity contribution is 0.00419. The van der Waals surface area contributed by atoms with Gasteiger partial charge >= 0.3 is 0 Å². The summed E-state index contributed by atoms with van der Waals surface area (Å²) in [6.45, 7) is 9.20. The molecule has 1 aliphatic rings. The van der Waals surface area contributed by atoms with Gasteiger partial charge in [-0.15, -0.1) is 0 Å². The fourth-order valence-corrected chi connectivity index (χ4v) is 1.87. The van der Waals surface area contributed by atoms with E-state index in [-0.39, 0.29) is 5.54 Å². The van der Waals surface area contributed by atoms with E-state index in [1.54, 1.807) is 0 Å². The van der Waals surface area contributed by atoms with Crippen LogP contribution in [0.25, 0.3) is 0 Å². The van der Waals surface area contributed by atoms with Gasteiger partial charge in [-0.2, -0.15) is 0 Å². The minimum absolute atomic E-state index is 0.145. The highest BCUT2D eigenvalue weighted by Gasteiger charge is 2.37. The van der Waals surface area contributed by atoms with E-state index in [4.69, 9.17) is 9.47 Å². The zero-order valence-corrected chi connectivity index (χ0v) is 11.4. The lowest BCUT2D eigenvalue weighted by Crippen LogP contribution is -2.46. The summed E-state index contributed by atoms with van der Waals surface area (Å²) in [5.74, 6) is 0.772. The van der Waals surface area contributed by atoms with Gasteiger partial charge in [-0.1, -0.05) is 0 Å². The SMILES string of the molecule is CCOCCOCC(O)CNC(C)(C)C1CC1. The van der Waals surface area contributed by atoms with Gasteiger partial charge < -0.3 is 19.9 Å². The van der Waals surface area contributed by atoms with Gasteiger partial charge in [0.15, 0.2) is 0 Å². The quantitative estimate of drug-likeness (QED) is 0.567. The maximum Gasteiger partial charge on any atom is 0.0897 e. The van der Waals surface area contributed by atoms with Crippen molar-refractivity contribution in [2.75, 3.05) is 33.0 Å². The molecule has 102 valence electrons. The first-order chi connectivity index (χ1) is 8.06. The van der Waals surface area contributed by atoms with Crippen molar-refractivity contribution in [1.82, 2.24) is 5.32 Å². The van der Waals surface area contributed by atoms with Gasteiger partial charge in [-0.05, 0) is 39.5 Å². The Balaban J connectivity index is 1.98. The molecule has 0 amide bonds. The molecule has 1 atom stereocenters. The van der Waals surface area contributed by atoms with E-state index in [1.165, 1.54) is 12.8 Å². The summed E-state index contributed by atoms with van der Waals surface area (Å²) in [4.78, 5) is 0. The summed E-state index contributed by atoms with van der Waals surface area (Å²) in [6.07, 6.45) is 2.18. The van der Waals surface area contributed by atoms with Crippen LogP contribution in [-0.4, -0.2) is 49.7 Å². The highest BCUT2D eigenvalue weighted by molar-refractivity contribution is 4.94. The lowest BCUT2D eigenvalue weighted by atomic mass is 9.98. The molecule has 0 aromatic heterocycles. The Morgan fingerprint density at radius 1 is 1.29 bits per heavy atom. The van der Waals surface area contributed by atoms with E-state index in [0.717, 1.165) is 5.92 Å². The van der Waals surface area contributed by atoms with Gasteiger partial charge in [0, 0.05) is 18.7 Å². The summed E-state index contributed by atoms with van der Waals surface area (Å²) < 4.78 is 10.5. The van der Waals surface area contributed by atoms with Gasteiger partial charge in [0.25, 0.3) is 0 Å². The molecule has 0 saturated heterocycles. The van der Waals surface area contributed by atoms with Crippen molar-refractivity contribution in [2.45, 2.75) is 45.3 Å². The summed E-state index contributed by atoms with van der Waals surface area (Å²) >= 11 is 0. The molecule has 0 spiro atoms. The number of aliphatic hydroxyl groups is 1. The third-order valence-corrected chi connectivity index (χ3v) is 3.28. The van der Waals surface area contributed by atoms with Crippen LogP contribution in [0.5, 0.6) is 0 Å². The number of aliphatic hydroxyl groups excluding tert-OH is 1. The van der Waals surface area contributed by atoms with Crippen LogP contribution < -0.4 is 5.32 Å². The van der Waals surface area contributed by atoms with Crippen LogP contribution in [-0.2, 0) is 9.47 Å². The predicted octanol–water partition coefficient (Wildman–Crippen LogP) is 1.18. The fraction of sp³-hybridized carbons (Fsp3) is 1.00. The Hall–Kier alpha value is -0.160. The largest absolute Gasteiger partial charge is 0.389 e. The number of ether oxygens (including phenoxy) is 2. The second-order valence-electron chi connectivity index (χ2n) is 5.30. The standard InChI is InChI=1S/C13H27NO3/c1-4-16-7-8-17-10-12(15)9-14-13(2,3)11-5-6-11/h11-12,14-15H,4-10H2,1-3H3. The molecule has 2 N–H and O–H groups in total. The van der Waals surface area contributed by atoms with E-state index in [9.17, 15) is 5.11 Å². The Kier molecular flexibility index (Phi) is 6.41. The molecular weight excluding hydrogens is 218 g/mol. The van der Waals surface area contributed by atoms with Gasteiger partial charge in [-0.25, -0.2) is 0 Å². The van der Waals surface area contributed by atoms with Gasteiger partial charge in [0.2, 0.25) is 0 Å². The van der Waals surface area contributed by atoms with Crippen molar-refractivity contribution in [2.24, 2.45) is 5.92 Å². The Labute approximate surface area is 105 Å². The summed E-state index contributed by atoms with van der Waals surface area (Å²) in [5.41, 5.74) is 0.145. The molecule has 1 saturated carbocycles. The van der Waals surface area contributed by atoms with Crippen LogP contribution >= 0.6 is 0 Å². The number of rotatable bonds is 10. The van der Waals surface area contributed by atoms with Gasteiger partial charge in [0.1, 0.15) is 0 Å². The zero-order chi connectivity index (χ0) is 12.7. The van der Waals surface area contributed by atoms with E-state index in [0.29, 0.717) is 33.0 Å². The van der Waals surface area contributed by atoms with Crippen molar-refractivity contribution in [3.63, 3.8) is 0 Å². The normalized spacial score (nSPS) is 18.4. The molecule has 0 aromatic carbocycles. The van der Waals surface area contributed by atoms with Crippen LogP contribution in [0.15, 0.2) is 0 Å². The number of β-amino-alcohol motifs (C(OH)–C–C–N with tert-alkyl or cyclic N) is 1. The first kappa shape index (κ1) is 14.9. The highest BCUT2D eigenvalue weighted by Crippen LogP contribution is 2.39. The maximum atomic E-state index is 9.74. The third-order valence-electron chi connectivity index (χ3n) is 3.28. The molecule has 17 heavy (non-hydrogen) atoms. The molecule has 1 unspecified atom stereocenters. The summed E-state index contributed by atoms with van der Waals surface area (Å²) in [6, 6.07) is 0. The first-order valence-electron chi connectivity index (χ1n) is 6.65. The van der Waals surface area contributed by atoms with E-state index >= 15 is 0 Å². The van der Waals surface area contributed by atoms with Crippen LogP contribution in [0.3, 0.4) is 0 Å². The second kappa shape index (κ2) is 7.31. The van der Waals surface area contributed by atoms with Crippen LogP contribution in [0.1, 0.15) is 33.6 Å². The molecule has 0 bridgehead atoms. The number of hydrogen-bond acceptors (Lipinski definition) is 4. The fourth-order valence-electron chi connectivity index (χ4n) is 1.87. The molecule has 0 aromatic rings. The second-order valence-corrected chi connectivity index (χ2v) is 5.30. The van der Waals surface area contributed by atoms with Gasteiger partial charge in [-0.3, -0.25) is 0 Å². The number of nitrogens with one attached hydrogen (secondary N) is 1. The van der Waals surface area contributed by atoms with E-state index in [2.05, 4.69) is 19.2 Å². The molecule has 1 fully saturated rings. The number of hydrogen-bond donors (Lipinski definition) is 2. The Bertz CT molecular complexity index is 205. The van der Waals surface area contributed by atoms with E-state index in [1.807, 2.05) is 6.92 Å².